The van der Waals surface area contributed by atoms with Gasteiger partial charge >= 0.3 is 19.8 Å². The molecule has 18 heteroatoms. The van der Waals surface area contributed by atoms with Gasteiger partial charge in [0.15, 0.2) is 12.4 Å². The highest BCUT2D eigenvalue weighted by atomic mass is 31.2. The van der Waals surface area contributed by atoms with Gasteiger partial charge in [0.2, 0.25) is 0 Å². The largest absolute Gasteiger partial charge is 0.472 e. The zero-order chi connectivity index (χ0) is 50.9. The molecule has 2 rings (SSSR count). The Morgan fingerprint density at radius 3 is 2.04 bits per heavy atom. The highest BCUT2D eigenvalue weighted by Gasteiger charge is 2.48. The zero-order valence-electron chi connectivity index (χ0n) is 40.9. The van der Waals surface area contributed by atoms with Crippen LogP contribution in [0, 0.1) is 5.92 Å². The molecule has 0 radical (unpaired) electrons. The maximum atomic E-state index is 13.5. The van der Waals surface area contributed by atoms with Gasteiger partial charge in [0, 0.05) is 25.2 Å². The van der Waals surface area contributed by atoms with Gasteiger partial charge in [-0.25, -0.2) is 4.57 Å². The number of hydrogen-bond donors (Lipinski definition) is 9. The van der Waals surface area contributed by atoms with E-state index in [0.29, 0.717) is 25.7 Å². The topological polar surface area (TPSA) is 279 Å². The van der Waals surface area contributed by atoms with E-state index in [9.17, 15) is 59.9 Å². The molecule has 2 aliphatic rings. The molecule has 13 atom stereocenters. The minimum absolute atomic E-state index is 0.0602. The van der Waals surface area contributed by atoms with Gasteiger partial charge in [0.05, 0.1) is 24.9 Å². The van der Waals surface area contributed by atoms with E-state index in [4.69, 9.17) is 23.3 Å². The maximum Gasteiger partial charge on any atom is 0.472 e. The number of carbonyl (C=O) groups excluding carboxylic acids is 2. The highest BCUT2D eigenvalue weighted by Crippen LogP contribution is 2.47. The Labute approximate surface area is 409 Å². The SMILES string of the molecule is CCCCC/C=C\C/C=C\C/C=C\C/C=C\CCCCCC(=O)OC[C@@H]1COP(=O)(O)O[C@H]2[C@H](O)[C@@H](O)[C@H](O)[C@@H](C/C=C\CCCC(=O)O1)[C@@H](O)CC(O)O[C@H](/C=C/[C@@H](O)CCCCC)[C@@H](O)[C@H]2O. The lowest BCUT2D eigenvalue weighted by Gasteiger charge is -2.39. The average molecular weight is 1000 g/mol. The Morgan fingerprint density at radius 1 is 0.783 bits per heavy atom. The number of cyclic esters (lactones) is 1. The van der Waals surface area contributed by atoms with E-state index in [0.717, 1.165) is 63.9 Å². The normalized spacial score (nSPS) is 31.8. The van der Waals surface area contributed by atoms with Gasteiger partial charge in [-0.15, -0.1) is 0 Å². The number of ether oxygens (including phenoxy) is 3. The summed E-state index contributed by atoms with van der Waals surface area (Å²) < 4.78 is 40.3. The minimum atomic E-state index is -5.48. The van der Waals surface area contributed by atoms with Crippen LogP contribution in [0.4, 0.5) is 0 Å². The molecule has 0 aromatic heterocycles. The van der Waals surface area contributed by atoms with E-state index in [1.165, 1.54) is 25.3 Å². The molecule has 0 amide bonds. The molecule has 9 N–H and O–H groups in total. The number of unbranched alkanes of at least 4 members (excludes halogenated alkanes) is 8. The number of rotatable bonds is 24. The molecule has 1 fully saturated rings. The number of esters is 2. The standard InChI is InChI=1S/C51H85O17P/c1-3-5-7-8-9-10-11-12-13-14-15-16-17-18-19-20-21-22-27-31-43(54)64-36-39-37-65-69(62,63)68-51-49(60)47(58)42(34-33-38(52)29-25-6-4-2)67-45(56)35-41(53)40(46(57)48(59)50(51)61)30-26-23-24-28-32-44(55)66-39/h9-10,12-13,15-16,18-19,23,26,33-34,38-42,45-53,56-61H,3-8,11,14,17,20-22,24-25,27-32,35-37H2,1-2H3,(H,62,63)/b10-9-,13-12-,16-15-,19-18-,26-23-,34-33+/t38-,39+,40-,41-,42+,45?,46+,47+,48-,49+,50+,51+/m0/s1. The highest BCUT2D eigenvalue weighted by molar-refractivity contribution is 7.47. The Morgan fingerprint density at radius 2 is 1.39 bits per heavy atom. The van der Waals surface area contributed by atoms with Crippen molar-refractivity contribution in [3.05, 3.63) is 72.9 Å². The van der Waals surface area contributed by atoms with Crippen molar-refractivity contribution in [3.8, 4) is 0 Å². The number of hydrogen-bond acceptors (Lipinski definition) is 16. The lowest BCUT2D eigenvalue weighted by atomic mass is 9.83. The van der Waals surface area contributed by atoms with E-state index >= 15 is 0 Å². The molecular formula is C51H85O17P. The van der Waals surface area contributed by atoms with Crippen LogP contribution in [0.1, 0.15) is 149 Å². The van der Waals surface area contributed by atoms with E-state index < -0.39 is 113 Å². The fourth-order valence-corrected chi connectivity index (χ4v) is 8.64. The lowest BCUT2D eigenvalue weighted by molar-refractivity contribution is -0.213. The van der Waals surface area contributed by atoms with E-state index in [-0.39, 0.29) is 25.7 Å². The van der Waals surface area contributed by atoms with Crippen molar-refractivity contribution in [3.63, 3.8) is 0 Å². The summed E-state index contributed by atoms with van der Waals surface area (Å²) in [6.45, 7) is 2.73. The van der Waals surface area contributed by atoms with Crippen molar-refractivity contribution in [2.75, 3.05) is 13.2 Å². The van der Waals surface area contributed by atoms with Gasteiger partial charge in [-0.05, 0) is 77.0 Å². The Bertz CT molecular complexity index is 1620. The summed E-state index contributed by atoms with van der Waals surface area (Å²) in [5.74, 6) is -2.66. The molecule has 2 unspecified atom stereocenters. The molecule has 0 aromatic carbocycles. The van der Waals surface area contributed by atoms with Crippen LogP contribution in [0.2, 0.25) is 0 Å². The first-order valence-electron chi connectivity index (χ1n) is 25.1. The number of aliphatic hydroxyl groups is 8. The van der Waals surface area contributed by atoms with Gasteiger partial charge in [0.1, 0.15) is 43.2 Å². The van der Waals surface area contributed by atoms with Gasteiger partial charge in [-0.3, -0.25) is 18.6 Å². The number of carbonyl (C=O) groups is 2. The molecule has 2 heterocycles. The fourth-order valence-electron chi connectivity index (χ4n) is 7.67. The summed E-state index contributed by atoms with van der Waals surface area (Å²) in [6.07, 6.45) is 14.5. The van der Waals surface area contributed by atoms with E-state index in [2.05, 4.69) is 55.5 Å². The van der Waals surface area contributed by atoms with Crippen molar-refractivity contribution in [1.29, 1.82) is 0 Å². The van der Waals surface area contributed by atoms with Crippen LogP contribution in [0.25, 0.3) is 0 Å². The van der Waals surface area contributed by atoms with Crippen molar-refractivity contribution < 1.29 is 83.2 Å². The number of phosphoric acid groups is 1. The summed E-state index contributed by atoms with van der Waals surface area (Å²) in [7, 11) is -5.48. The second-order valence-electron chi connectivity index (χ2n) is 17.8. The maximum absolute atomic E-state index is 13.5. The van der Waals surface area contributed by atoms with Crippen LogP contribution in [0.3, 0.4) is 0 Å². The van der Waals surface area contributed by atoms with Crippen molar-refractivity contribution in [2.45, 2.75) is 216 Å². The first-order chi connectivity index (χ1) is 33.1. The number of allylic oxidation sites excluding steroid dienone is 10. The van der Waals surface area contributed by atoms with E-state index in [1.54, 1.807) is 12.2 Å². The third-order valence-electron chi connectivity index (χ3n) is 11.8. The molecule has 396 valence electrons. The quantitative estimate of drug-likeness (QED) is 0.0219. The molecule has 0 aliphatic carbocycles. The third kappa shape index (κ3) is 27.5. The van der Waals surface area contributed by atoms with Gasteiger partial charge in [-0.2, -0.15) is 0 Å². The third-order valence-corrected chi connectivity index (χ3v) is 12.8. The second kappa shape index (κ2) is 37.0. The Balaban J connectivity index is 2.10. The predicted molar refractivity (Wildman–Crippen MR) is 261 cm³/mol. The number of phosphoric ester groups is 1. The fraction of sp³-hybridized carbons (Fsp3) is 0.725. The van der Waals surface area contributed by atoms with Crippen molar-refractivity contribution in [1.82, 2.24) is 0 Å². The first-order valence-corrected chi connectivity index (χ1v) is 26.6. The Kier molecular flexibility index (Phi) is 33.3. The second-order valence-corrected chi connectivity index (χ2v) is 19.2. The van der Waals surface area contributed by atoms with Crippen LogP contribution < -0.4 is 0 Å². The van der Waals surface area contributed by atoms with Gasteiger partial charge in [-0.1, -0.05) is 125 Å². The summed E-state index contributed by atoms with van der Waals surface area (Å²) in [6, 6.07) is 0. The molecule has 17 nitrogen and oxygen atoms in total. The smallest absolute Gasteiger partial charge is 0.462 e. The monoisotopic (exact) mass is 1000 g/mol. The molecule has 69 heavy (non-hydrogen) atoms. The Hall–Kier alpha value is -2.87. The molecule has 2 bridgehead atoms. The molecule has 0 aromatic rings. The predicted octanol–water partition coefficient (Wildman–Crippen LogP) is 6.39. The van der Waals surface area contributed by atoms with Crippen molar-refractivity contribution in [2.24, 2.45) is 5.92 Å². The molecule has 1 saturated heterocycles. The van der Waals surface area contributed by atoms with Gasteiger partial charge in [0.25, 0.3) is 0 Å². The summed E-state index contributed by atoms with van der Waals surface area (Å²) in [5, 5.41) is 89.3. The molecule has 2 aliphatic heterocycles. The molecular weight excluding hydrogens is 916 g/mol. The van der Waals surface area contributed by atoms with Crippen LogP contribution in [0.15, 0.2) is 72.9 Å². The number of aliphatic hydroxyl groups excluding tert-OH is 8. The minimum Gasteiger partial charge on any atom is -0.462 e. The molecule has 0 saturated carbocycles. The van der Waals surface area contributed by atoms with Crippen LogP contribution in [-0.2, 0) is 37.4 Å². The summed E-state index contributed by atoms with van der Waals surface area (Å²) >= 11 is 0. The van der Waals surface area contributed by atoms with E-state index in [1.807, 2.05) is 6.92 Å². The first kappa shape index (κ1) is 62.2. The van der Waals surface area contributed by atoms with Crippen LogP contribution in [-0.4, -0.2) is 138 Å². The molecule has 0 spiro atoms. The van der Waals surface area contributed by atoms with Crippen LogP contribution in [0.5, 0.6) is 0 Å². The number of fused-ring (bicyclic) bond motifs is 4. The summed E-state index contributed by atoms with van der Waals surface area (Å²) in [5.41, 5.74) is 0. The van der Waals surface area contributed by atoms with Crippen LogP contribution >= 0.6 is 7.82 Å². The lowest BCUT2D eigenvalue weighted by Crippen LogP contribution is -2.58. The van der Waals surface area contributed by atoms with Gasteiger partial charge < -0.3 is 60.0 Å². The van der Waals surface area contributed by atoms with Crippen molar-refractivity contribution >= 4 is 19.8 Å². The average Bonchev–Trinajstić information content (AvgIpc) is 3.31. The summed E-state index contributed by atoms with van der Waals surface area (Å²) in [4.78, 5) is 36.5. The zero-order valence-corrected chi connectivity index (χ0v) is 41.8.